The van der Waals surface area contributed by atoms with Gasteiger partial charge in [0.25, 0.3) is 0 Å². The molecule has 1 rings (SSSR count). The van der Waals surface area contributed by atoms with E-state index in [1.54, 1.807) is 0 Å². The van der Waals surface area contributed by atoms with Gasteiger partial charge in [-0.05, 0) is 18.1 Å². The summed E-state index contributed by atoms with van der Waals surface area (Å²) in [5.41, 5.74) is 0.144. The number of halogens is 3. The minimum absolute atomic E-state index is 0.0781. The third-order valence-electron chi connectivity index (χ3n) is 2.04. The normalized spacial score (nSPS) is 13.2. The molecule has 9 heteroatoms. The van der Waals surface area contributed by atoms with E-state index in [0.717, 1.165) is 0 Å². The number of amidine groups is 1. The van der Waals surface area contributed by atoms with Gasteiger partial charge in [0.15, 0.2) is 16.4 Å². The number of nitrogens with zero attached hydrogens (tertiary/aromatic N) is 1. The molecule has 0 saturated heterocycles. The summed E-state index contributed by atoms with van der Waals surface area (Å²) in [6, 6.07) is 0.674. The highest BCUT2D eigenvalue weighted by atomic mass is 32.2. The first kappa shape index (κ1) is 14.7. The van der Waals surface area contributed by atoms with Crippen LogP contribution in [0.2, 0.25) is 0 Å². The maximum absolute atomic E-state index is 12.5. The topological polar surface area (TPSA) is 92.1 Å². The van der Waals surface area contributed by atoms with Gasteiger partial charge in [0, 0.05) is 12.3 Å². The quantitative estimate of drug-likeness (QED) is 0.339. The van der Waals surface area contributed by atoms with E-state index in [9.17, 15) is 17.7 Å². The van der Waals surface area contributed by atoms with Crippen LogP contribution in [0.1, 0.15) is 18.2 Å². The number of alkyl halides is 3. The largest absolute Gasteiger partial charge is 0.611 e. The second-order valence-corrected chi connectivity index (χ2v) is 4.90. The van der Waals surface area contributed by atoms with E-state index in [1.165, 1.54) is 12.4 Å². The zero-order valence-corrected chi connectivity index (χ0v) is 10.0. The van der Waals surface area contributed by atoms with Crippen LogP contribution in [0, 0.1) is 5.41 Å². The third-order valence-corrected chi connectivity index (χ3v) is 3.36. The fourth-order valence-electron chi connectivity index (χ4n) is 1.17. The Hall–Kier alpha value is -1.32. The Labute approximate surface area is 104 Å². The van der Waals surface area contributed by atoms with Crippen molar-refractivity contribution in [1.82, 2.24) is 10.5 Å². The summed E-state index contributed by atoms with van der Waals surface area (Å²) < 4.78 is 49.1. The Kier molecular flexibility index (Phi) is 4.54. The average Bonchev–Trinajstić information content (AvgIpc) is 2.35. The molecule has 0 aromatic carbocycles. The van der Waals surface area contributed by atoms with Crippen molar-refractivity contribution in [2.75, 3.05) is 5.75 Å². The van der Waals surface area contributed by atoms with Gasteiger partial charge in [-0.15, -0.1) is 0 Å². The molecule has 0 fully saturated rings. The van der Waals surface area contributed by atoms with Gasteiger partial charge in [-0.3, -0.25) is 16.1 Å². The molecule has 0 bridgehead atoms. The van der Waals surface area contributed by atoms with E-state index >= 15 is 0 Å². The predicted molar refractivity (Wildman–Crippen MR) is 57.9 cm³/mol. The van der Waals surface area contributed by atoms with Crippen molar-refractivity contribution in [2.24, 2.45) is 0 Å². The van der Waals surface area contributed by atoms with E-state index in [4.69, 9.17) is 10.6 Å². The number of hydrogen-bond donors (Lipinski definition) is 3. The first-order valence-electron chi connectivity index (χ1n) is 4.75. The molecule has 0 spiro atoms. The van der Waals surface area contributed by atoms with Crippen molar-refractivity contribution in [3.63, 3.8) is 0 Å². The molecule has 0 amide bonds. The summed E-state index contributed by atoms with van der Waals surface area (Å²) in [4.78, 5) is 3.19. The van der Waals surface area contributed by atoms with E-state index < -0.39 is 28.8 Å². The van der Waals surface area contributed by atoms with E-state index in [2.05, 4.69) is 4.98 Å². The minimum atomic E-state index is -4.60. The highest BCUT2D eigenvalue weighted by molar-refractivity contribution is 7.91. The molecule has 18 heavy (non-hydrogen) atoms. The van der Waals surface area contributed by atoms with Gasteiger partial charge in [-0.25, -0.2) is 4.98 Å². The zero-order chi connectivity index (χ0) is 13.9. The maximum atomic E-state index is 12.5. The molecule has 1 aromatic rings. The number of pyridine rings is 1. The molecular formula is C9H10F3N3O2S. The second-order valence-electron chi connectivity index (χ2n) is 3.19. The standard InChI is InChI=1S/C9H10F3N3O2S/c1-2-18(17)6-3-5(9(10,11)12)4-14-7(6)8(13)15-16/h3-4,16H,2H2,1H3,(H2,13,15). The number of aromatic nitrogens is 1. The Morgan fingerprint density at radius 3 is 2.67 bits per heavy atom. The molecule has 0 radical (unpaired) electrons. The van der Waals surface area contributed by atoms with Crippen LogP contribution in [-0.4, -0.2) is 26.3 Å². The van der Waals surface area contributed by atoms with Gasteiger partial charge in [-0.1, -0.05) is 0 Å². The van der Waals surface area contributed by atoms with E-state index in [1.807, 2.05) is 0 Å². The van der Waals surface area contributed by atoms with Crippen LogP contribution in [-0.2, 0) is 17.4 Å². The molecule has 100 valence electrons. The summed E-state index contributed by atoms with van der Waals surface area (Å²) in [5.74, 6) is -0.533. The molecule has 0 aliphatic rings. The van der Waals surface area contributed by atoms with Gasteiger partial charge >= 0.3 is 6.18 Å². The molecular weight excluding hydrogens is 271 g/mol. The van der Waals surface area contributed by atoms with Crippen molar-refractivity contribution in [2.45, 2.75) is 18.0 Å². The first-order valence-corrected chi connectivity index (χ1v) is 6.07. The Morgan fingerprint density at radius 1 is 1.61 bits per heavy atom. The van der Waals surface area contributed by atoms with E-state index in [0.29, 0.717) is 12.3 Å². The summed E-state index contributed by atoms with van der Waals surface area (Å²) in [7, 11) is 0. The Bertz CT molecular complexity index is 453. The summed E-state index contributed by atoms with van der Waals surface area (Å²) >= 11 is -1.72. The van der Waals surface area contributed by atoms with Gasteiger partial charge < -0.3 is 4.55 Å². The van der Waals surface area contributed by atoms with Crippen molar-refractivity contribution in [3.05, 3.63) is 23.5 Å². The van der Waals surface area contributed by atoms with Gasteiger partial charge in [0.2, 0.25) is 0 Å². The highest BCUT2D eigenvalue weighted by Gasteiger charge is 2.34. The SMILES string of the molecule is CC[S+]([O-])c1cc(C(F)(F)F)cnc1C(=N)NO. The van der Waals surface area contributed by atoms with Crippen LogP contribution in [0.15, 0.2) is 17.2 Å². The molecule has 1 atom stereocenters. The van der Waals surface area contributed by atoms with Crippen LogP contribution in [0.5, 0.6) is 0 Å². The number of rotatable bonds is 3. The molecule has 5 nitrogen and oxygen atoms in total. The molecule has 1 aromatic heterocycles. The lowest BCUT2D eigenvalue weighted by atomic mass is 10.2. The lowest BCUT2D eigenvalue weighted by Gasteiger charge is -2.14. The van der Waals surface area contributed by atoms with Crippen LogP contribution in [0.4, 0.5) is 13.2 Å². The smallest absolute Gasteiger partial charge is 0.418 e. The second kappa shape index (κ2) is 5.55. The predicted octanol–water partition coefficient (Wildman–Crippen LogP) is 1.53. The lowest BCUT2D eigenvalue weighted by Crippen LogP contribution is -2.24. The highest BCUT2D eigenvalue weighted by Crippen LogP contribution is 2.31. The van der Waals surface area contributed by atoms with E-state index in [-0.39, 0.29) is 16.3 Å². The van der Waals surface area contributed by atoms with Gasteiger partial charge in [-0.2, -0.15) is 13.2 Å². The minimum Gasteiger partial charge on any atom is -0.611 e. The van der Waals surface area contributed by atoms with Gasteiger partial charge in [0.1, 0.15) is 5.75 Å². The zero-order valence-electron chi connectivity index (χ0n) is 9.21. The first-order chi connectivity index (χ1) is 8.31. The molecule has 0 aliphatic carbocycles. The fourth-order valence-corrected chi connectivity index (χ4v) is 2.11. The molecule has 1 heterocycles. The molecule has 1 unspecified atom stereocenters. The van der Waals surface area contributed by atoms with Crippen LogP contribution in [0.25, 0.3) is 0 Å². The lowest BCUT2D eigenvalue weighted by molar-refractivity contribution is -0.138. The molecule has 0 aliphatic heterocycles. The van der Waals surface area contributed by atoms with Crippen LogP contribution in [0.3, 0.4) is 0 Å². The molecule has 3 N–H and O–H groups in total. The number of nitrogens with one attached hydrogen (secondary N) is 2. The monoisotopic (exact) mass is 281 g/mol. The van der Waals surface area contributed by atoms with Gasteiger partial charge in [0.05, 0.1) is 5.56 Å². The third kappa shape index (κ3) is 3.12. The number of hydrogen-bond acceptors (Lipinski definition) is 4. The average molecular weight is 281 g/mol. The van der Waals surface area contributed by atoms with Crippen LogP contribution < -0.4 is 5.48 Å². The Morgan fingerprint density at radius 2 is 2.22 bits per heavy atom. The van der Waals surface area contributed by atoms with Crippen molar-refractivity contribution in [3.8, 4) is 0 Å². The van der Waals surface area contributed by atoms with Crippen molar-refractivity contribution < 1.29 is 22.9 Å². The maximum Gasteiger partial charge on any atom is 0.418 e. The summed E-state index contributed by atoms with van der Waals surface area (Å²) in [5, 5.41) is 15.8. The Balaban J connectivity index is 3.34. The summed E-state index contributed by atoms with van der Waals surface area (Å²) in [6.45, 7) is 1.52. The van der Waals surface area contributed by atoms with Crippen LogP contribution >= 0.6 is 0 Å². The van der Waals surface area contributed by atoms with Crippen molar-refractivity contribution in [1.29, 1.82) is 5.41 Å². The number of hydroxylamine groups is 1. The van der Waals surface area contributed by atoms with Crippen molar-refractivity contribution >= 4 is 17.0 Å². The fraction of sp³-hybridized carbons (Fsp3) is 0.333. The molecule has 0 saturated carbocycles. The summed E-state index contributed by atoms with van der Waals surface area (Å²) in [6.07, 6.45) is -4.08.